The molecule has 1 aliphatic rings. The topological polar surface area (TPSA) is 59.2 Å². The van der Waals surface area contributed by atoms with Gasteiger partial charge in [-0.25, -0.2) is 0 Å². The Hall–Kier alpha value is -1.36. The smallest absolute Gasteiger partial charge is 0.271 e. The third-order valence-electron chi connectivity index (χ3n) is 3.98. The first-order chi connectivity index (χ1) is 9.05. The molecule has 1 saturated carbocycles. The fraction of sp³-hybridized carbons (Fsp3) is 0.571. The zero-order valence-electron chi connectivity index (χ0n) is 11.2. The van der Waals surface area contributed by atoms with Crippen molar-refractivity contribution < 1.29 is 9.63 Å². The molecule has 3 rings (SSSR count). The van der Waals surface area contributed by atoms with Crippen LogP contribution in [0.1, 0.15) is 51.3 Å². The molecule has 0 aliphatic heterocycles. The molecule has 0 spiro atoms. The lowest BCUT2D eigenvalue weighted by atomic mass is 9.73. The molecule has 102 valence electrons. The molecule has 2 aromatic heterocycles. The van der Waals surface area contributed by atoms with Gasteiger partial charge in [-0.05, 0) is 42.5 Å². The van der Waals surface area contributed by atoms with Crippen molar-refractivity contribution in [2.75, 3.05) is 0 Å². The Morgan fingerprint density at radius 1 is 1.37 bits per heavy atom. The van der Waals surface area contributed by atoms with Crippen molar-refractivity contribution in [3.05, 3.63) is 17.3 Å². The minimum Gasteiger partial charge on any atom is -0.506 e. The van der Waals surface area contributed by atoms with E-state index in [1.165, 1.54) is 24.2 Å². The molecule has 0 unspecified atom stereocenters. The zero-order valence-corrected chi connectivity index (χ0v) is 12.0. The van der Waals surface area contributed by atoms with Gasteiger partial charge in [0.15, 0.2) is 5.82 Å². The third kappa shape index (κ3) is 2.52. The lowest BCUT2D eigenvalue weighted by molar-refractivity contribution is 0.218. The zero-order chi connectivity index (χ0) is 13.5. The average Bonchev–Trinajstić information content (AvgIpc) is 2.97. The largest absolute Gasteiger partial charge is 0.506 e. The van der Waals surface area contributed by atoms with Crippen molar-refractivity contribution in [2.24, 2.45) is 5.41 Å². The van der Waals surface area contributed by atoms with Crippen molar-refractivity contribution in [3.63, 3.8) is 0 Å². The fourth-order valence-electron chi connectivity index (χ4n) is 2.61. The maximum absolute atomic E-state index is 9.67. The van der Waals surface area contributed by atoms with Crippen LogP contribution in [-0.2, 0) is 0 Å². The molecule has 4 nitrogen and oxygen atoms in total. The Balaban J connectivity index is 1.77. The van der Waals surface area contributed by atoms with Crippen LogP contribution < -0.4 is 0 Å². The van der Waals surface area contributed by atoms with Gasteiger partial charge in [0.1, 0.15) is 10.6 Å². The lowest BCUT2D eigenvalue weighted by Crippen LogP contribution is -2.20. The van der Waals surface area contributed by atoms with Gasteiger partial charge in [-0.2, -0.15) is 4.98 Å². The maximum atomic E-state index is 9.67. The predicted molar refractivity (Wildman–Crippen MR) is 74.3 cm³/mol. The SMILES string of the molecule is CC1(C)CCC(c2noc(-c3sccc3O)n2)CC1. The Bertz CT molecular complexity index is 564. The van der Waals surface area contributed by atoms with Crippen molar-refractivity contribution in [1.82, 2.24) is 10.1 Å². The van der Waals surface area contributed by atoms with E-state index < -0.39 is 0 Å². The van der Waals surface area contributed by atoms with Crippen LogP contribution in [0, 0.1) is 5.41 Å². The third-order valence-corrected chi connectivity index (χ3v) is 4.88. The van der Waals surface area contributed by atoms with Crippen LogP contribution in [0.4, 0.5) is 0 Å². The molecule has 1 fully saturated rings. The summed E-state index contributed by atoms with van der Waals surface area (Å²) in [6.45, 7) is 4.63. The molecule has 19 heavy (non-hydrogen) atoms. The molecule has 0 amide bonds. The molecular weight excluding hydrogens is 260 g/mol. The van der Waals surface area contributed by atoms with Crippen molar-refractivity contribution in [1.29, 1.82) is 0 Å². The summed E-state index contributed by atoms with van der Waals surface area (Å²) in [6.07, 6.45) is 4.63. The van der Waals surface area contributed by atoms with E-state index in [1.54, 1.807) is 6.07 Å². The van der Waals surface area contributed by atoms with Gasteiger partial charge in [0, 0.05) is 5.92 Å². The lowest BCUT2D eigenvalue weighted by Gasteiger charge is -2.32. The second-order valence-electron chi connectivity index (χ2n) is 6.03. The van der Waals surface area contributed by atoms with E-state index in [-0.39, 0.29) is 5.75 Å². The van der Waals surface area contributed by atoms with E-state index in [2.05, 4.69) is 24.0 Å². The number of rotatable bonds is 2. The van der Waals surface area contributed by atoms with Gasteiger partial charge < -0.3 is 9.63 Å². The van der Waals surface area contributed by atoms with Crippen LogP contribution in [0.15, 0.2) is 16.0 Å². The van der Waals surface area contributed by atoms with Gasteiger partial charge in [-0.1, -0.05) is 19.0 Å². The molecule has 2 aromatic rings. The molecule has 0 saturated heterocycles. The van der Waals surface area contributed by atoms with E-state index in [0.717, 1.165) is 18.7 Å². The summed E-state index contributed by atoms with van der Waals surface area (Å²) in [6, 6.07) is 1.65. The summed E-state index contributed by atoms with van der Waals surface area (Å²) in [4.78, 5) is 5.12. The van der Waals surface area contributed by atoms with Gasteiger partial charge in [-0.3, -0.25) is 0 Å². The van der Waals surface area contributed by atoms with E-state index in [0.29, 0.717) is 22.1 Å². The van der Waals surface area contributed by atoms with Crippen LogP contribution in [0.5, 0.6) is 5.75 Å². The summed E-state index contributed by atoms with van der Waals surface area (Å²) in [5, 5.41) is 15.6. The second kappa shape index (κ2) is 4.63. The summed E-state index contributed by atoms with van der Waals surface area (Å²) >= 11 is 1.42. The average molecular weight is 278 g/mol. The molecular formula is C14H18N2O2S. The van der Waals surface area contributed by atoms with Crippen molar-refractivity contribution in [2.45, 2.75) is 45.4 Å². The highest BCUT2D eigenvalue weighted by molar-refractivity contribution is 7.13. The second-order valence-corrected chi connectivity index (χ2v) is 6.95. The summed E-state index contributed by atoms with van der Waals surface area (Å²) in [5.74, 6) is 1.84. The Labute approximate surface area is 116 Å². The molecule has 1 N–H and O–H groups in total. The van der Waals surface area contributed by atoms with Crippen LogP contribution >= 0.6 is 11.3 Å². The molecule has 0 bridgehead atoms. The van der Waals surface area contributed by atoms with Crippen molar-refractivity contribution >= 4 is 11.3 Å². The Morgan fingerprint density at radius 3 is 2.74 bits per heavy atom. The summed E-state index contributed by atoms with van der Waals surface area (Å²) in [7, 11) is 0. The van der Waals surface area contributed by atoms with Gasteiger partial charge in [0.2, 0.25) is 0 Å². The first kappa shape index (κ1) is 12.7. The first-order valence-corrected chi connectivity index (χ1v) is 7.53. The number of thiophene rings is 1. The highest BCUT2D eigenvalue weighted by Crippen LogP contribution is 2.42. The van der Waals surface area contributed by atoms with E-state index in [9.17, 15) is 5.11 Å². The van der Waals surface area contributed by atoms with E-state index in [4.69, 9.17) is 4.52 Å². The van der Waals surface area contributed by atoms with Gasteiger partial charge in [-0.15, -0.1) is 11.3 Å². The molecule has 5 heteroatoms. The van der Waals surface area contributed by atoms with Crippen LogP contribution in [-0.4, -0.2) is 15.2 Å². The fourth-order valence-corrected chi connectivity index (χ4v) is 3.32. The minimum absolute atomic E-state index is 0.213. The minimum atomic E-state index is 0.213. The predicted octanol–water partition coefficient (Wildman–Crippen LogP) is 4.19. The first-order valence-electron chi connectivity index (χ1n) is 6.66. The Morgan fingerprint density at radius 2 is 2.11 bits per heavy atom. The van der Waals surface area contributed by atoms with E-state index in [1.807, 2.05) is 5.38 Å². The van der Waals surface area contributed by atoms with Crippen LogP contribution in [0.2, 0.25) is 0 Å². The summed E-state index contributed by atoms with van der Waals surface area (Å²) in [5.41, 5.74) is 0.440. The van der Waals surface area contributed by atoms with Gasteiger partial charge in [0.25, 0.3) is 5.89 Å². The number of aromatic hydroxyl groups is 1. The number of nitrogens with zero attached hydrogens (tertiary/aromatic N) is 2. The summed E-state index contributed by atoms with van der Waals surface area (Å²) < 4.78 is 5.28. The standard InChI is InChI=1S/C14H18N2O2S/c1-14(2)6-3-9(4-7-14)12-15-13(18-16-12)11-10(17)5-8-19-11/h5,8-9,17H,3-4,6-7H2,1-2H3. The molecule has 1 aliphatic carbocycles. The maximum Gasteiger partial charge on any atom is 0.271 e. The van der Waals surface area contributed by atoms with E-state index >= 15 is 0 Å². The molecule has 0 atom stereocenters. The van der Waals surface area contributed by atoms with Crippen LogP contribution in [0.25, 0.3) is 10.8 Å². The highest BCUT2D eigenvalue weighted by Gasteiger charge is 2.30. The van der Waals surface area contributed by atoms with Crippen LogP contribution in [0.3, 0.4) is 0 Å². The van der Waals surface area contributed by atoms with Gasteiger partial charge >= 0.3 is 0 Å². The Kier molecular flexibility index (Phi) is 3.09. The van der Waals surface area contributed by atoms with Crippen molar-refractivity contribution in [3.8, 4) is 16.5 Å². The number of hydrogen-bond acceptors (Lipinski definition) is 5. The number of aromatic nitrogens is 2. The highest BCUT2D eigenvalue weighted by atomic mass is 32.1. The molecule has 0 radical (unpaired) electrons. The quantitative estimate of drug-likeness (QED) is 0.895. The monoisotopic (exact) mass is 278 g/mol. The van der Waals surface area contributed by atoms with Gasteiger partial charge in [0.05, 0.1) is 0 Å². The molecule has 0 aromatic carbocycles. The normalized spacial score (nSPS) is 19.7. The number of hydrogen-bond donors (Lipinski definition) is 1. The molecule has 2 heterocycles.